The third-order valence-corrected chi connectivity index (χ3v) is 5.27. The van der Waals surface area contributed by atoms with E-state index in [-0.39, 0.29) is 12.0 Å². The van der Waals surface area contributed by atoms with E-state index < -0.39 is 51.6 Å². The van der Waals surface area contributed by atoms with Crippen LogP contribution in [0.25, 0.3) is 0 Å². The number of aryl methyl sites for hydroxylation is 1. The molecule has 1 saturated heterocycles. The molecule has 0 bridgehead atoms. The molecule has 154 valence electrons. The van der Waals surface area contributed by atoms with Crippen molar-refractivity contribution in [1.29, 1.82) is 0 Å². The van der Waals surface area contributed by atoms with Gasteiger partial charge in [0.25, 0.3) is 5.56 Å². The number of hydrogen-bond donors (Lipinski definition) is 6. The summed E-state index contributed by atoms with van der Waals surface area (Å²) in [6, 6.07) is 0. The second-order valence-corrected chi connectivity index (χ2v) is 8.16. The third kappa shape index (κ3) is 5.88. The van der Waals surface area contributed by atoms with Crippen molar-refractivity contribution in [3.05, 3.63) is 32.6 Å². The van der Waals surface area contributed by atoms with E-state index in [2.05, 4.69) is 13.9 Å². The topological polar surface area (TPSA) is 227 Å². The number of H-pyrrole nitrogens is 1. The summed E-state index contributed by atoms with van der Waals surface area (Å²) in [5.74, 6) is 0. The van der Waals surface area contributed by atoms with E-state index in [1.807, 2.05) is 4.98 Å². The fourth-order valence-electron chi connectivity index (χ4n) is 2.21. The summed E-state index contributed by atoms with van der Waals surface area (Å²) in [5.41, 5.74) is -1.29. The Hall–Kier alpha value is -1.22. The Morgan fingerprint density at radius 2 is 1.96 bits per heavy atom. The van der Waals surface area contributed by atoms with Crippen LogP contribution in [0.2, 0.25) is 0 Å². The van der Waals surface area contributed by atoms with Gasteiger partial charge in [-0.2, -0.15) is 9.20 Å². The molecule has 0 aliphatic carbocycles. The smallest absolute Gasteiger partial charge is 0.390 e. The molecule has 0 amide bonds. The molecular weight excluding hydrogens is 418 g/mol. The van der Waals surface area contributed by atoms with Gasteiger partial charge >= 0.3 is 21.3 Å². The van der Waals surface area contributed by atoms with Crippen molar-refractivity contribution in [2.24, 2.45) is 0 Å². The molecule has 15 nitrogen and oxygen atoms in total. The molecule has 1 fully saturated rings. The number of aliphatic hydroxyl groups is 2. The average Bonchev–Trinajstić information content (AvgIpc) is 2.88. The standard InChI is InChI=1S/C10H16N2O13P2/c1-4-3-12(10(16)11-8(4)14)6-2-5(13)7(22-6)9(15)23-24-27(20,21)25-26(17,18)19/h3,5-7,9,13,15H,2H2,1H3,(H,20,21)(H,11,14,16)(H2,17,18,19)/t5-,6-,7+,9-/m0/s1. The van der Waals surface area contributed by atoms with E-state index in [9.17, 15) is 28.9 Å². The van der Waals surface area contributed by atoms with Crippen molar-refractivity contribution in [3.8, 4) is 0 Å². The maximum Gasteiger partial charge on any atom is 0.508 e. The molecule has 1 aliphatic rings. The van der Waals surface area contributed by atoms with Gasteiger partial charge in [-0.25, -0.2) is 13.9 Å². The van der Waals surface area contributed by atoms with Crippen LogP contribution in [0.1, 0.15) is 18.2 Å². The zero-order valence-electron chi connectivity index (χ0n) is 13.4. The van der Waals surface area contributed by atoms with Crippen LogP contribution in [-0.2, 0) is 27.7 Å². The predicted molar refractivity (Wildman–Crippen MR) is 81.7 cm³/mol. The first-order valence-corrected chi connectivity index (χ1v) is 10.1. The zero-order valence-corrected chi connectivity index (χ0v) is 15.2. The van der Waals surface area contributed by atoms with Gasteiger partial charge in [-0.3, -0.25) is 14.3 Å². The van der Waals surface area contributed by atoms with Gasteiger partial charge < -0.3 is 29.6 Å². The van der Waals surface area contributed by atoms with Crippen molar-refractivity contribution in [3.63, 3.8) is 0 Å². The lowest BCUT2D eigenvalue weighted by Gasteiger charge is -2.21. The molecule has 0 radical (unpaired) electrons. The molecule has 17 heteroatoms. The summed E-state index contributed by atoms with van der Waals surface area (Å²) in [6.07, 6.45) is -5.41. The van der Waals surface area contributed by atoms with Crippen LogP contribution in [0, 0.1) is 6.92 Å². The molecule has 0 saturated carbocycles. The van der Waals surface area contributed by atoms with Crippen molar-refractivity contribution >= 4 is 15.6 Å². The minimum atomic E-state index is -5.40. The lowest BCUT2D eigenvalue weighted by atomic mass is 10.2. The zero-order chi connectivity index (χ0) is 20.6. The summed E-state index contributed by atoms with van der Waals surface area (Å²) >= 11 is 0. The molecule has 27 heavy (non-hydrogen) atoms. The van der Waals surface area contributed by atoms with Gasteiger partial charge in [-0.15, -0.1) is 4.67 Å². The van der Waals surface area contributed by atoms with Crippen LogP contribution in [0.3, 0.4) is 0 Å². The molecular formula is C10H16N2O13P2. The minimum Gasteiger partial charge on any atom is -0.390 e. The first kappa shape index (κ1) is 22.1. The first-order chi connectivity index (χ1) is 12.3. The van der Waals surface area contributed by atoms with E-state index in [1.165, 1.54) is 13.1 Å². The Kier molecular flexibility index (Phi) is 6.56. The average molecular weight is 434 g/mol. The number of nitrogens with zero attached hydrogens (tertiary/aromatic N) is 1. The monoisotopic (exact) mass is 434 g/mol. The molecule has 1 aliphatic heterocycles. The Labute approximate surface area is 149 Å². The predicted octanol–water partition coefficient (Wildman–Crippen LogP) is -2.03. The summed E-state index contributed by atoms with van der Waals surface area (Å²) in [7, 11) is -10.8. The normalized spacial score (nSPS) is 26.7. The number of nitrogens with one attached hydrogen (secondary N) is 1. The number of phosphoric acid groups is 2. The lowest BCUT2D eigenvalue weighted by molar-refractivity contribution is -0.344. The number of aliphatic hydroxyl groups excluding tert-OH is 2. The van der Waals surface area contributed by atoms with Crippen LogP contribution < -0.4 is 11.2 Å². The number of aromatic nitrogens is 2. The quantitative estimate of drug-likeness (QED) is 0.118. The molecule has 2 heterocycles. The highest BCUT2D eigenvalue weighted by Gasteiger charge is 2.43. The van der Waals surface area contributed by atoms with Crippen LogP contribution in [0.4, 0.5) is 0 Å². The molecule has 0 aromatic carbocycles. The van der Waals surface area contributed by atoms with Gasteiger partial charge in [0.1, 0.15) is 12.3 Å². The van der Waals surface area contributed by atoms with Gasteiger partial charge in [0.05, 0.1) is 6.10 Å². The van der Waals surface area contributed by atoms with E-state index in [1.54, 1.807) is 0 Å². The van der Waals surface area contributed by atoms with E-state index in [0.29, 0.717) is 0 Å². The fraction of sp³-hybridized carbons (Fsp3) is 0.600. The number of aromatic amines is 1. The second-order valence-electron chi connectivity index (χ2n) is 5.44. The van der Waals surface area contributed by atoms with Crippen LogP contribution in [0.15, 0.2) is 15.8 Å². The van der Waals surface area contributed by atoms with Crippen molar-refractivity contribution in [1.82, 2.24) is 9.55 Å². The highest BCUT2D eigenvalue weighted by Crippen LogP contribution is 2.57. The maximum atomic E-state index is 11.8. The van der Waals surface area contributed by atoms with E-state index in [0.717, 1.165) is 4.57 Å². The molecule has 1 unspecified atom stereocenters. The molecule has 1 aromatic heterocycles. The fourth-order valence-corrected chi connectivity index (χ4v) is 3.59. The minimum absolute atomic E-state index is 0.173. The lowest BCUT2D eigenvalue weighted by Crippen LogP contribution is -2.37. The summed E-state index contributed by atoms with van der Waals surface area (Å²) in [5, 5.41) is 19.7. The molecule has 1 aromatic rings. The number of hydrogen-bond acceptors (Lipinski definition) is 10. The Morgan fingerprint density at radius 1 is 1.33 bits per heavy atom. The van der Waals surface area contributed by atoms with Gasteiger partial charge in [0.2, 0.25) is 6.29 Å². The Bertz CT molecular complexity index is 890. The van der Waals surface area contributed by atoms with E-state index >= 15 is 0 Å². The molecule has 2 rings (SSSR count). The second kappa shape index (κ2) is 8.03. The largest absolute Gasteiger partial charge is 0.508 e. The SMILES string of the molecule is Cc1cn([C@@H]2C[C@H](O)[C@H]([C@@H](O)OOP(=O)(O)OP(=O)(O)O)O2)c(=O)[nH]c1=O. The van der Waals surface area contributed by atoms with Gasteiger partial charge in [-0.1, -0.05) is 0 Å². The molecule has 0 spiro atoms. The van der Waals surface area contributed by atoms with Crippen LogP contribution >= 0.6 is 15.6 Å². The highest BCUT2D eigenvalue weighted by molar-refractivity contribution is 7.60. The van der Waals surface area contributed by atoms with Crippen molar-refractivity contribution < 1.29 is 52.6 Å². The first-order valence-electron chi connectivity index (χ1n) is 7.07. The molecule has 6 N–H and O–H groups in total. The maximum absolute atomic E-state index is 11.8. The molecule has 5 atom stereocenters. The Balaban J connectivity index is 2.05. The summed E-state index contributed by atoms with van der Waals surface area (Å²) in [6.45, 7) is 1.42. The van der Waals surface area contributed by atoms with Crippen molar-refractivity contribution in [2.75, 3.05) is 0 Å². The summed E-state index contributed by atoms with van der Waals surface area (Å²) < 4.78 is 35.1. The third-order valence-electron chi connectivity index (χ3n) is 3.32. The number of rotatable bonds is 7. The van der Waals surface area contributed by atoms with Gasteiger partial charge in [-0.05, 0) is 6.92 Å². The Morgan fingerprint density at radius 3 is 2.56 bits per heavy atom. The van der Waals surface area contributed by atoms with Crippen LogP contribution in [-0.4, -0.2) is 52.9 Å². The van der Waals surface area contributed by atoms with E-state index in [4.69, 9.17) is 19.4 Å². The highest BCUT2D eigenvalue weighted by atomic mass is 31.3. The van der Waals surface area contributed by atoms with Gasteiger partial charge in [0.15, 0.2) is 0 Å². The summed E-state index contributed by atoms with van der Waals surface area (Å²) in [4.78, 5) is 55.2. The van der Waals surface area contributed by atoms with Crippen molar-refractivity contribution in [2.45, 2.75) is 38.1 Å². The number of ether oxygens (including phenoxy) is 1. The van der Waals surface area contributed by atoms with Gasteiger partial charge in [0, 0.05) is 18.2 Å². The van der Waals surface area contributed by atoms with Crippen LogP contribution in [0.5, 0.6) is 0 Å².